The molecule has 2 aliphatic heterocycles. The van der Waals surface area contributed by atoms with E-state index < -0.39 is 0 Å². The maximum atomic E-state index is 6.14. The van der Waals surface area contributed by atoms with Crippen molar-refractivity contribution in [1.29, 1.82) is 0 Å². The summed E-state index contributed by atoms with van der Waals surface area (Å²) in [4.78, 5) is 0. The lowest BCUT2D eigenvalue weighted by Gasteiger charge is -2.37. The highest BCUT2D eigenvalue weighted by atomic mass is 16.6. The van der Waals surface area contributed by atoms with Crippen molar-refractivity contribution in [2.45, 2.75) is 30.8 Å². The van der Waals surface area contributed by atoms with E-state index >= 15 is 0 Å². The molecular weight excluding hydrogens is 204 g/mol. The summed E-state index contributed by atoms with van der Waals surface area (Å²) >= 11 is 0. The third kappa shape index (κ3) is 0.918. The Morgan fingerprint density at radius 2 is 1.44 bits per heavy atom. The molecule has 4 rings (SSSR count). The van der Waals surface area contributed by atoms with Crippen molar-refractivity contribution in [3.63, 3.8) is 0 Å². The first-order valence-electron chi connectivity index (χ1n) is 6.24. The first-order chi connectivity index (χ1) is 7.85. The summed E-state index contributed by atoms with van der Waals surface area (Å²) in [6.45, 7) is 0. The van der Waals surface area contributed by atoms with E-state index in [-0.39, 0.29) is 24.4 Å². The van der Waals surface area contributed by atoms with Gasteiger partial charge in [0.15, 0.2) is 0 Å². The fourth-order valence-electron chi connectivity index (χ4n) is 4.69. The van der Waals surface area contributed by atoms with Crippen LogP contribution >= 0.6 is 0 Å². The molecule has 0 aromatic carbocycles. The number of ether oxygens (including phenoxy) is 3. The van der Waals surface area contributed by atoms with Crippen LogP contribution < -0.4 is 0 Å². The molecule has 8 atom stereocenters. The average Bonchev–Trinajstić information content (AvgIpc) is 3.03. The number of methoxy groups -OCH3 is 2. The SMILES string of the molecule is COC1C(OC)C2OC1C1C3C=CC(C3)C21. The Bertz CT molecular complexity index is 310. The molecule has 3 nitrogen and oxygen atoms in total. The summed E-state index contributed by atoms with van der Waals surface area (Å²) < 4.78 is 17.3. The maximum Gasteiger partial charge on any atom is 0.112 e. The van der Waals surface area contributed by atoms with E-state index in [2.05, 4.69) is 12.2 Å². The van der Waals surface area contributed by atoms with E-state index in [0.29, 0.717) is 11.8 Å². The Balaban J connectivity index is 1.71. The third-order valence-corrected chi connectivity index (χ3v) is 5.17. The second kappa shape index (κ2) is 3.09. The lowest BCUT2D eigenvalue weighted by atomic mass is 9.71. The van der Waals surface area contributed by atoms with E-state index in [9.17, 15) is 0 Å². The molecule has 88 valence electrons. The fourth-order valence-corrected chi connectivity index (χ4v) is 4.69. The van der Waals surface area contributed by atoms with E-state index in [0.717, 1.165) is 11.8 Å². The van der Waals surface area contributed by atoms with Crippen molar-refractivity contribution < 1.29 is 14.2 Å². The van der Waals surface area contributed by atoms with Gasteiger partial charge >= 0.3 is 0 Å². The minimum Gasteiger partial charge on any atom is -0.376 e. The summed E-state index contributed by atoms with van der Waals surface area (Å²) in [6.07, 6.45) is 6.94. The van der Waals surface area contributed by atoms with Gasteiger partial charge in [-0.3, -0.25) is 0 Å². The van der Waals surface area contributed by atoms with Gasteiger partial charge in [-0.2, -0.15) is 0 Å². The Morgan fingerprint density at radius 1 is 0.938 bits per heavy atom. The maximum absolute atomic E-state index is 6.14. The summed E-state index contributed by atoms with van der Waals surface area (Å²) in [6, 6.07) is 0. The standard InChI is InChI=1S/C13H18O3/c1-14-12-10-8-6-3-4-7(5-6)9(8)11(16-10)13(12)15-2/h3-4,6-13H,5H2,1-2H3. The highest BCUT2D eigenvalue weighted by Crippen LogP contribution is 2.60. The van der Waals surface area contributed by atoms with Crippen LogP contribution in [-0.2, 0) is 14.2 Å². The largest absolute Gasteiger partial charge is 0.376 e. The van der Waals surface area contributed by atoms with Crippen LogP contribution in [0.1, 0.15) is 6.42 Å². The smallest absolute Gasteiger partial charge is 0.112 e. The van der Waals surface area contributed by atoms with Gasteiger partial charge in [-0.15, -0.1) is 0 Å². The number of hydrogen-bond acceptors (Lipinski definition) is 3. The van der Waals surface area contributed by atoms with Crippen molar-refractivity contribution in [2.24, 2.45) is 23.7 Å². The normalized spacial score (nSPS) is 60.9. The van der Waals surface area contributed by atoms with Gasteiger partial charge in [-0.1, -0.05) is 12.2 Å². The van der Waals surface area contributed by atoms with Crippen LogP contribution in [0.4, 0.5) is 0 Å². The van der Waals surface area contributed by atoms with Crippen LogP contribution in [0.15, 0.2) is 12.2 Å². The monoisotopic (exact) mass is 222 g/mol. The van der Waals surface area contributed by atoms with Gasteiger partial charge in [0, 0.05) is 14.2 Å². The first kappa shape index (κ1) is 9.63. The molecule has 3 fully saturated rings. The highest BCUT2D eigenvalue weighted by molar-refractivity contribution is 5.23. The molecule has 0 radical (unpaired) electrons. The number of hydrogen-bond donors (Lipinski definition) is 0. The molecule has 0 amide bonds. The molecule has 0 aromatic rings. The minimum atomic E-state index is 0.143. The van der Waals surface area contributed by atoms with Gasteiger partial charge in [-0.25, -0.2) is 0 Å². The summed E-state index contributed by atoms with van der Waals surface area (Å²) in [5.74, 6) is 2.86. The zero-order chi connectivity index (χ0) is 10.9. The second-order valence-electron chi connectivity index (χ2n) is 5.57. The third-order valence-electron chi connectivity index (χ3n) is 5.17. The highest BCUT2D eigenvalue weighted by Gasteiger charge is 2.66. The average molecular weight is 222 g/mol. The number of allylic oxidation sites excluding steroid dienone is 2. The Labute approximate surface area is 95.7 Å². The molecular formula is C13H18O3. The van der Waals surface area contributed by atoms with Gasteiger partial charge in [0.2, 0.25) is 0 Å². The predicted molar refractivity (Wildman–Crippen MR) is 58.0 cm³/mol. The molecule has 0 spiro atoms. The summed E-state index contributed by atoms with van der Waals surface area (Å²) in [5, 5.41) is 0. The second-order valence-corrected chi connectivity index (χ2v) is 5.57. The molecule has 16 heavy (non-hydrogen) atoms. The van der Waals surface area contributed by atoms with Crippen LogP contribution in [0.3, 0.4) is 0 Å². The van der Waals surface area contributed by atoms with Gasteiger partial charge in [-0.05, 0) is 30.1 Å². The molecule has 2 saturated heterocycles. The van der Waals surface area contributed by atoms with Crippen LogP contribution in [0.25, 0.3) is 0 Å². The zero-order valence-electron chi connectivity index (χ0n) is 9.71. The molecule has 4 bridgehead atoms. The molecule has 2 heterocycles. The molecule has 3 heteroatoms. The van der Waals surface area contributed by atoms with E-state index in [4.69, 9.17) is 14.2 Å². The van der Waals surface area contributed by atoms with E-state index in [1.165, 1.54) is 6.42 Å². The van der Waals surface area contributed by atoms with Crippen molar-refractivity contribution in [3.8, 4) is 0 Å². The van der Waals surface area contributed by atoms with Gasteiger partial charge in [0.25, 0.3) is 0 Å². The Morgan fingerprint density at radius 3 is 1.88 bits per heavy atom. The fraction of sp³-hybridized carbons (Fsp3) is 0.846. The minimum absolute atomic E-state index is 0.143. The van der Waals surface area contributed by atoms with E-state index in [1.807, 2.05) is 0 Å². The topological polar surface area (TPSA) is 27.7 Å². The zero-order valence-corrected chi connectivity index (χ0v) is 9.71. The molecule has 1 saturated carbocycles. The van der Waals surface area contributed by atoms with Gasteiger partial charge in [0.1, 0.15) is 12.2 Å². The van der Waals surface area contributed by atoms with Crippen LogP contribution in [0.2, 0.25) is 0 Å². The quantitative estimate of drug-likeness (QED) is 0.658. The summed E-state index contributed by atoms with van der Waals surface area (Å²) in [5.41, 5.74) is 0. The molecule has 2 aliphatic carbocycles. The molecule has 0 aromatic heterocycles. The van der Waals surface area contributed by atoms with E-state index in [1.54, 1.807) is 14.2 Å². The molecule has 8 unspecified atom stereocenters. The van der Waals surface area contributed by atoms with Crippen LogP contribution in [-0.4, -0.2) is 38.6 Å². The van der Waals surface area contributed by atoms with Crippen molar-refractivity contribution in [3.05, 3.63) is 12.2 Å². The number of fused-ring (bicyclic) bond motifs is 9. The molecule has 4 aliphatic rings. The van der Waals surface area contributed by atoms with Gasteiger partial charge < -0.3 is 14.2 Å². The van der Waals surface area contributed by atoms with Crippen molar-refractivity contribution in [1.82, 2.24) is 0 Å². The Hall–Kier alpha value is -0.380. The van der Waals surface area contributed by atoms with Crippen LogP contribution in [0, 0.1) is 23.7 Å². The lowest BCUT2D eigenvalue weighted by Crippen LogP contribution is -2.49. The lowest BCUT2D eigenvalue weighted by molar-refractivity contribution is -0.0665. The van der Waals surface area contributed by atoms with Crippen molar-refractivity contribution in [2.75, 3.05) is 14.2 Å². The van der Waals surface area contributed by atoms with Crippen LogP contribution in [0.5, 0.6) is 0 Å². The first-order valence-corrected chi connectivity index (χ1v) is 6.24. The Kier molecular flexibility index (Phi) is 1.86. The predicted octanol–water partition coefficient (Wildman–Crippen LogP) is 1.24. The number of rotatable bonds is 2. The van der Waals surface area contributed by atoms with Gasteiger partial charge in [0.05, 0.1) is 12.2 Å². The molecule has 0 N–H and O–H groups in total. The van der Waals surface area contributed by atoms with Crippen molar-refractivity contribution >= 4 is 0 Å². The summed E-state index contributed by atoms with van der Waals surface area (Å²) in [7, 11) is 3.55.